The van der Waals surface area contributed by atoms with Gasteiger partial charge in [0.2, 0.25) is 0 Å². The fourth-order valence-electron chi connectivity index (χ4n) is 2.28. The first-order chi connectivity index (χ1) is 12.0. The van der Waals surface area contributed by atoms with Crippen LogP contribution in [0, 0.1) is 4.91 Å². The van der Waals surface area contributed by atoms with E-state index in [4.69, 9.17) is 0 Å². The molecule has 2 N–H and O–H groups in total. The van der Waals surface area contributed by atoms with E-state index in [9.17, 15) is 18.1 Å². The minimum Gasteiger partial charge on any atom is -0.383 e. The molecule has 0 unspecified atom stereocenters. The second-order valence-corrected chi connectivity index (χ2v) is 5.12. The van der Waals surface area contributed by atoms with Crippen LogP contribution < -0.4 is 10.6 Å². The zero-order valence-electron chi connectivity index (χ0n) is 12.7. The van der Waals surface area contributed by atoms with Crippen LogP contribution >= 0.6 is 0 Å². The van der Waals surface area contributed by atoms with E-state index in [1.54, 1.807) is 12.1 Å². The van der Waals surface area contributed by atoms with Gasteiger partial charge >= 0.3 is 6.18 Å². The van der Waals surface area contributed by atoms with Crippen LogP contribution in [0.25, 0.3) is 11.0 Å². The van der Waals surface area contributed by atoms with E-state index in [0.717, 1.165) is 12.1 Å². The van der Waals surface area contributed by atoms with Gasteiger partial charge in [-0.1, -0.05) is 6.07 Å². The van der Waals surface area contributed by atoms with Crippen molar-refractivity contribution in [3.05, 3.63) is 46.9 Å². The number of aromatic nitrogens is 2. The lowest BCUT2D eigenvalue weighted by molar-refractivity contribution is -0.137. The van der Waals surface area contributed by atoms with Gasteiger partial charge in [0.15, 0.2) is 11.0 Å². The Morgan fingerprint density at radius 3 is 2.56 bits per heavy atom. The minimum atomic E-state index is -4.38. The first kappa shape index (κ1) is 16.7. The monoisotopic (exact) mass is 351 g/mol. The van der Waals surface area contributed by atoms with Gasteiger partial charge in [0, 0.05) is 18.8 Å². The Bertz CT molecular complexity index is 894. The zero-order chi connectivity index (χ0) is 17.9. The van der Waals surface area contributed by atoms with Gasteiger partial charge in [-0.15, -0.1) is 4.91 Å². The molecule has 7 nitrogen and oxygen atoms in total. The molecule has 2 aromatic carbocycles. The van der Waals surface area contributed by atoms with Crippen molar-refractivity contribution in [3.63, 3.8) is 0 Å². The van der Waals surface area contributed by atoms with Crippen molar-refractivity contribution in [3.8, 4) is 0 Å². The fourth-order valence-corrected chi connectivity index (χ4v) is 2.28. The van der Waals surface area contributed by atoms with Crippen LogP contribution in [0.15, 0.2) is 46.2 Å². The quantitative estimate of drug-likeness (QED) is 0.512. The van der Waals surface area contributed by atoms with E-state index < -0.39 is 11.7 Å². The summed E-state index contributed by atoms with van der Waals surface area (Å²) in [5.74, 6) is 0. The van der Waals surface area contributed by atoms with Gasteiger partial charge in [-0.2, -0.15) is 13.2 Å². The van der Waals surface area contributed by atoms with Crippen LogP contribution in [0.1, 0.15) is 5.56 Å². The lowest BCUT2D eigenvalue weighted by Crippen LogP contribution is -2.14. The number of alkyl halides is 3. The summed E-state index contributed by atoms with van der Waals surface area (Å²) in [6, 6.07) is 8.04. The van der Waals surface area contributed by atoms with Gasteiger partial charge in [0.1, 0.15) is 5.69 Å². The molecule has 1 aromatic heterocycles. The highest BCUT2D eigenvalue weighted by molar-refractivity contribution is 5.94. The molecule has 3 aromatic rings. The van der Waals surface area contributed by atoms with Gasteiger partial charge in [0.25, 0.3) is 0 Å². The first-order valence-corrected chi connectivity index (χ1v) is 7.22. The number of hydrogen-bond donors (Lipinski definition) is 2. The Morgan fingerprint density at radius 2 is 1.80 bits per heavy atom. The van der Waals surface area contributed by atoms with Crippen molar-refractivity contribution in [1.29, 1.82) is 0 Å². The molecule has 0 atom stereocenters. The molecule has 0 aliphatic heterocycles. The molecule has 0 aliphatic carbocycles. The Kier molecular flexibility index (Phi) is 4.50. The maximum atomic E-state index is 12.7. The predicted molar refractivity (Wildman–Crippen MR) is 85.7 cm³/mol. The lowest BCUT2D eigenvalue weighted by atomic mass is 10.2. The second-order valence-electron chi connectivity index (χ2n) is 5.12. The Morgan fingerprint density at radius 1 is 1.04 bits per heavy atom. The molecule has 0 radical (unpaired) electrons. The van der Waals surface area contributed by atoms with Gasteiger partial charge in [-0.3, -0.25) is 0 Å². The van der Waals surface area contributed by atoms with E-state index >= 15 is 0 Å². The molecule has 3 rings (SSSR count). The molecule has 1 heterocycles. The van der Waals surface area contributed by atoms with Crippen LogP contribution in [0.5, 0.6) is 0 Å². The van der Waals surface area contributed by atoms with Crippen molar-refractivity contribution in [2.24, 2.45) is 5.18 Å². The molecule has 0 fully saturated rings. The van der Waals surface area contributed by atoms with E-state index in [0.29, 0.717) is 30.0 Å². The van der Waals surface area contributed by atoms with Gasteiger partial charge in [-0.05, 0) is 45.8 Å². The van der Waals surface area contributed by atoms with E-state index in [2.05, 4.69) is 30.8 Å². The highest BCUT2D eigenvalue weighted by atomic mass is 19.4. The maximum Gasteiger partial charge on any atom is 0.416 e. The maximum absolute atomic E-state index is 12.7. The summed E-state index contributed by atoms with van der Waals surface area (Å²) < 4.78 is 42.6. The molecular formula is C15H12F3N5O2. The molecule has 10 heteroatoms. The van der Waals surface area contributed by atoms with E-state index in [-0.39, 0.29) is 11.2 Å². The van der Waals surface area contributed by atoms with Crippen molar-refractivity contribution in [1.82, 2.24) is 10.3 Å². The number of nitroso groups, excluding NO2 is 1. The molecule has 25 heavy (non-hydrogen) atoms. The summed E-state index contributed by atoms with van der Waals surface area (Å²) in [6.07, 6.45) is -4.38. The SMILES string of the molecule is O=Nc1ccc(NCCNc2cccc(C(F)(F)F)c2)c2nonc12. The summed E-state index contributed by atoms with van der Waals surface area (Å²) in [6.45, 7) is 0.758. The molecule has 0 bridgehead atoms. The van der Waals surface area contributed by atoms with Gasteiger partial charge in [-0.25, -0.2) is 4.63 Å². The number of fused-ring (bicyclic) bond motifs is 1. The summed E-state index contributed by atoms with van der Waals surface area (Å²) in [7, 11) is 0. The van der Waals surface area contributed by atoms with Crippen LogP contribution in [-0.4, -0.2) is 23.4 Å². The lowest BCUT2D eigenvalue weighted by Gasteiger charge is -2.11. The number of halogens is 3. The van der Waals surface area contributed by atoms with Crippen molar-refractivity contribution in [2.45, 2.75) is 6.18 Å². The Labute approximate surface area is 139 Å². The average molecular weight is 351 g/mol. The molecule has 0 saturated carbocycles. The number of nitrogens with one attached hydrogen (secondary N) is 2. The fraction of sp³-hybridized carbons (Fsp3) is 0.200. The van der Waals surface area contributed by atoms with E-state index in [1.807, 2.05) is 0 Å². The third kappa shape index (κ3) is 3.67. The molecular weight excluding hydrogens is 339 g/mol. The first-order valence-electron chi connectivity index (χ1n) is 7.22. The number of benzene rings is 2. The third-order valence-corrected chi connectivity index (χ3v) is 3.45. The number of nitrogens with zero attached hydrogens (tertiary/aromatic N) is 3. The smallest absolute Gasteiger partial charge is 0.383 e. The molecule has 0 aliphatic rings. The zero-order valence-corrected chi connectivity index (χ0v) is 12.7. The molecule has 0 saturated heterocycles. The topological polar surface area (TPSA) is 92.4 Å². The second kappa shape index (κ2) is 6.75. The average Bonchev–Trinajstić information content (AvgIpc) is 3.08. The predicted octanol–water partition coefficient (Wildman–Crippen LogP) is 4.16. The van der Waals surface area contributed by atoms with Crippen LogP contribution in [0.2, 0.25) is 0 Å². The van der Waals surface area contributed by atoms with Crippen LogP contribution in [0.4, 0.5) is 30.2 Å². The molecule has 130 valence electrons. The number of rotatable bonds is 6. The van der Waals surface area contributed by atoms with Crippen molar-refractivity contribution in [2.75, 3.05) is 23.7 Å². The summed E-state index contributed by atoms with van der Waals surface area (Å²) in [5, 5.41) is 16.1. The normalized spacial score (nSPS) is 11.5. The van der Waals surface area contributed by atoms with Crippen LogP contribution in [0.3, 0.4) is 0 Å². The van der Waals surface area contributed by atoms with Gasteiger partial charge < -0.3 is 10.6 Å². The number of hydrogen-bond acceptors (Lipinski definition) is 7. The van der Waals surface area contributed by atoms with Gasteiger partial charge in [0.05, 0.1) is 11.3 Å². The van der Waals surface area contributed by atoms with Crippen molar-refractivity contribution < 1.29 is 17.8 Å². The van der Waals surface area contributed by atoms with E-state index in [1.165, 1.54) is 12.1 Å². The van der Waals surface area contributed by atoms with Crippen molar-refractivity contribution >= 4 is 28.1 Å². The minimum absolute atomic E-state index is 0.115. The summed E-state index contributed by atoms with van der Waals surface area (Å²) in [4.78, 5) is 10.7. The Hall–Kier alpha value is -3.17. The summed E-state index contributed by atoms with van der Waals surface area (Å²) in [5.41, 5.74) is 0.948. The highest BCUT2D eigenvalue weighted by Crippen LogP contribution is 2.31. The molecule has 0 amide bonds. The molecule has 0 spiro atoms. The third-order valence-electron chi connectivity index (χ3n) is 3.45. The Balaban J connectivity index is 1.61. The standard InChI is InChI=1S/C15H12F3N5O2/c16-15(17,18)9-2-1-3-10(8-9)19-6-7-20-11-4-5-12(21-24)14-13(11)22-25-23-14/h1-5,8,19-20H,6-7H2. The summed E-state index contributed by atoms with van der Waals surface area (Å²) >= 11 is 0. The van der Waals surface area contributed by atoms with Crippen LogP contribution in [-0.2, 0) is 6.18 Å². The largest absolute Gasteiger partial charge is 0.416 e. The number of anilines is 2. The highest BCUT2D eigenvalue weighted by Gasteiger charge is 2.30.